The molecule has 20 heavy (non-hydrogen) atoms. The van der Waals surface area contributed by atoms with Gasteiger partial charge in [-0.1, -0.05) is 17.7 Å². The normalized spacial score (nSPS) is 11.4. The van der Waals surface area contributed by atoms with E-state index in [1.807, 2.05) is 6.92 Å². The number of rotatable bonds is 6. The van der Waals surface area contributed by atoms with Gasteiger partial charge in [0.25, 0.3) is 0 Å². The summed E-state index contributed by atoms with van der Waals surface area (Å²) in [5, 5.41) is 10.9. The summed E-state index contributed by atoms with van der Waals surface area (Å²) in [6.45, 7) is 4.90. The Morgan fingerprint density at radius 3 is 2.25 bits per heavy atom. The Balaban J connectivity index is 2.87. The highest BCUT2D eigenvalue weighted by atomic mass is 32.2. The van der Waals surface area contributed by atoms with Crippen molar-refractivity contribution in [1.82, 2.24) is 10.0 Å². The van der Waals surface area contributed by atoms with E-state index in [0.717, 1.165) is 5.56 Å². The largest absolute Gasteiger partial charge is 0.395 e. The van der Waals surface area contributed by atoms with Gasteiger partial charge in [0.15, 0.2) is 0 Å². The highest BCUT2D eigenvalue weighted by molar-refractivity contribution is 7.89. The SMILES string of the molecule is Cc1cc(C)c(S(=O)(=O)NCC(=O)NCCO)c(C)c1. The van der Waals surface area contributed by atoms with E-state index in [-0.39, 0.29) is 24.6 Å². The second-order valence-corrected chi connectivity index (χ2v) is 6.33. The van der Waals surface area contributed by atoms with E-state index >= 15 is 0 Å². The first-order valence-electron chi connectivity index (χ1n) is 6.23. The van der Waals surface area contributed by atoms with Crippen molar-refractivity contribution in [3.8, 4) is 0 Å². The van der Waals surface area contributed by atoms with E-state index in [1.165, 1.54) is 0 Å². The van der Waals surface area contributed by atoms with Gasteiger partial charge in [0.2, 0.25) is 15.9 Å². The molecule has 0 radical (unpaired) electrons. The van der Waals surface area contributed by atoms with Crippen LogP contribution in [0.4, 0.5) is 0 Å². The van der Waals surface area contributed by atoms with Crippen molar-refractivity contribution in [1.29, 1.82) is 0 Å². The quantitative estimate of drug-likeness (QED) is 0.689. The number of aliphatic hydroxyl groups excluding tert-OH is 1. The number of benzene rings is 1. The smallest absolute Gasteiger partial charge is 0.241 e. The number of sulfonamides is 1. The maximum absolute atomic E-state index is 12.2. The molecule has 0 fully saturated rings. The number of carbonyl (C=O) groups excluding carboxylic acids is 1. The van der Waals surface area contributed by atoms with Crippen molar-refractivity contribution in [3.63, 3.8) is 0 Å². The molecule has 7 heteroatoms. The maximum Gasteiger partial charge on any atom is 0.241 e. The lowest BCUT2D eigenvalue weighted by Gasteiger charge is -2.13. The average Bonchev–Trinajstić information content (AvgIpc) is 2.32. The monoisotopic (exact) mass is 300 g/mol. The minimum Gasteiger partial charge on any atom is -0.395 e. The molecular weight excluding hydrogens is 280 g/mol. The van der Waals surface area contributed by atoms with Gasteiger partial charge in [-0.2, -0.15) is 0 Å². The Labute approximate surface area is 119 Å². The van der Waals surface area contributed by atoms with Gasteiger partial charge in [-0.15, -0.1) is 0 Å². The van der Waals surface area contributed by atoms with Gasteiger partial charge in [-0.3, -0.25) is 4.79 Å². The minimum atomic E-state index is -3.73. The Bertz CT molecular complexity index is 573. The topological polar surface area (TPSA) is 95.5 Å². The van der Waals surface area contributed by atoms with E-state index in [0.29, 0.717) is 11.1 Å². The van der Waals surface area contributed by atoms with E-state index in [9.17, 15) is 13.2 Å². The first-order chi connectivity index (χ1) is 9.27. The number of carbonyl (C=O) groups is 1. The summed E-state index contributed by atoms with van der Waals surface area (Å²) in [4.78, 5) is 11.6. The van der Waals surface area contributed by atoms with Crippen LogP contribution >= 0.6 is 0 Å². The van der Waals surface area contributed by atoms with E-state index in [1.54, 1.807) is 26.0 Å². The zero-order valence-electron chi connectivity index (χ0n) is 11.9. The van der Waals surface area contributed by atoms with Gasteiger partial charge in [0.1, 0.15) is 0 Å². The Kier molecular flexibility index (Phi) is 5.67. The van der Waals surface area contributed by atoms with Crippen LogP contribution in [0.1, 0.15) is 16.7 Å². The lowest BCUT2D eigenvalue weighted by molar-refractivity contribution is -0.120. The van der Waals surface area contributed by atoms with E-state index in [2.05, 4.69) is 10.0 Å². The fraction of sp³-hybridized carbons (Fsp3) is 0.462. The summed E-state index contributed by atoms with van der Waals surface area (Å²) in [6.07, 6.45) is 0. The average molecular weight is 300 g/mol. The summed E-state index contributed by atoms with van der Waals surface area (Å²) in [6, 6.07) is 3.57. The summed E-state index contributed by atoms with van der Waals surface area (Å²) in [7, 11) is -3.73. The third kappa shape index (κ3) is 4.29. The van der Waals surface area contributed by atoms with Gasteiger partial charge in [0, 0.05) is 6.54 Å². The fourth-order valence-electron chi connectivity index (χ4n) is 2.08. The molecule has 0 aliphatic carbocycles. The molecule has 0 bridgehead atoms. The van der Waals surface area contributed by atoms with Crippen molar-refractivity contribution >= 4 is 15.9 Å². The molecular formula is C13H20N2O4S. The molecule has 1 aromatic rings. The summed E-state index contributed by atoms with van der Waals surface area (Å²) < 4.78 is 26.7. The zero-order valence-corrected chi connectivity index (χ0v) is 12.7. The Morgan fingerprint density at radius 1 is 1.20 bits per heavy atom. The van der Waals surface area contributed by atoms with Crippen molar-refractivity contribution < 1.29 is 18.3 Å². The number of aliphatic hydroxyl groups is 1. The highest BCUT2D eigenvalue weighted by Gasteiger charge is 2.20. The number of hydrogen-bond donors (Lipinski definition) is 3. The van der Waals surface area contributed by atoms with Crippen molar-refractivity contribution in [2.24, 2.45) is 0 Å². The first kappa shape index (κ1) is 16.6. The van der Waals surface area contributed by atoms with Crippen LogP contribution < -0.4 is 10.0 Å². The standard InChI is InChI=1S/C13H20N2O4S/c1-9-6-10(2)13(11(3)7-9)20(18,19)15-8-12(17)14-4-5-16/h6-7,15-16H,4-5,8H2,1-3H3,(H,14,17). The number of hydrogen-bond acceptors (Lipinski definition) is 4. The Hall–Kier alpha value is -1.44. The third-order valence-electron chi connectivity index (χ3n) is 2.73. The van der Waals surface area contributed by atoms with E-state index in [4.69, 9.17) is 5.11 Å². The van der Waals surface area contributed by atoms with Gasteiger partial charge in [-0.25, -0.2) is 13.1 Å². The predicted octanol–water partition coefficient (Wildman–Crippen LogP) is -0.00134. The fourth-order valence-corrected chi connectivity index (χ4v) is 3.51. The third-order valence-corrected chi connectivity index (χ3v) is 4.44. The molecule has 0 spiro atoms. The molecule has 0 atom stereocenters. The maximum atomic E-state index is 12.2. The summed E-state index contributed by atoms with van der Waals surface area (Å²) in [5.41, 5.74) is 2.27. The van der Waals surface area contributed by atoms with Gasteiger partial charge in [-0.05, 0) is 31.9 Å². The van der Waals surface area contributed by atoms with Crippen LogP contribution in [0.15, 0.2) is 17.0 Å². The predicted molar refractivity (Wildman–Crippen MR) is 75.9 cm³/mol. The molecule has 0 aliphatic heterocycles. The molecule has 112 valence electrons. The molecule has 0 saturated heterocycles. The first-order valence-corrected chi connectivity index (χ1v) is 7.71. The summed E-state index contributed by atoms with van der Waals surface area (Å²) >= 11 is 0. The number of amides is 1. The van der Waals surface area contributed by atoms with Crippen LogP contribution in [0.2, 0.25) is 0 Å². The lowest BCUT2D eigenvalue weighted by Crippen LogP contribution is -2.38. The van der Waals surface area contributed by atoms with Crippen LogP contribution in [0.3, 0.4) is 0 Å². The van der Waals surface area contributed by atoms with Crippen LogP contribution in [0.5, 0.6) is 0 Å². The van der Waals surface area contributed by atoms with Crippen LogP contribution in [0.25, 0.3) is 0 Å². The van der Waals surface area contributed by atoms with Gasteiger partial charge < -0.3 is 10.4 Å². The van der Waals surface area contributed by atoms with E-state index < -0.39 is 15.9 Å². The number of aryl methyl sites for hydroxylation is 3. The molecule has 0 unspecified atom stereocenters. The molecule has 0 aliphatic rings. The highest BCUT2D eigenvalue weighted by Crippen LogP contribution is 2.21. The molecule has 3 N–H and O–H groups in total. The molecule has 0 saturated carbocycles. The van der Waals surface area contributed by atoms with Crippen LogP contribution in [0, 0.1) is 20.8 Å². The summed E-state index contributed by atoms with van der Waals surface area (Å²) in [5.74, 6) is -0.481. The Morgan fingerprint density at radius 2 is 1.75 bits per heavy atom. The van der Waals surface area contributed by atoms with Crippen molar-refractivity contribution in [3.05, 3.63) is 28.8 Å². The van der Waals surface area contributed by atoms with Crippen LogP contribution in [-0.2, 0) is 14.8 Å². The zero-order chi connectivity index (χ0) is 15.3. The number of nitrogens with one attached hydrogen (secondary N) is 2. The molecule has 0 heterocycles. The molecule has 1 aromatic carbocycles. The minimum absolute atomic E-state index is 0.100. The molecule has 0 aromatic heterocycles. The van der Waals surface area contributed by atoms with Crippen molar-refractivity contribution in [2.75, 3.05) is 19.7 Å². The van der Waals surface area contributed by atoms with Crippen LogP contribution in [-0.4, -0.2) is 39.1 Å². The van der Waals surface area contributed by atoms with Gasteiger partial charge >= 0.3 is 0 Å². The molecule has 1 amide bonds. The molecule has 1 rings (SSSR count). The van der Waals surface area contributed by atoms with Gasteiger partial charge in [0.05, 0.1) is 18.0 Å². The van der Waals surface area contributed by atoms with Crippen molar-refractivity contribution in [2.45, 2.75) is 25.7 Å². The second kappa shape index (κ2) is 6.83. The molecule has 6 nitrogen and oxygen atoms in total. The second-order valence-electron chi connectivity index (χ2n) is 4.63. The lowest BCUT2D eigenvalue weighted by atomic mass is 10.1.